The van der Waals surface area contributed by atoms with E-state index in [1.165, 1.54) is 6.42 Å². The average molecular weight is 474 g/mol. The fourth-order valence-corrected chi connectivity index (χ4v) is 5.93. The molecular weight excluding hydrogens is 442 g/mol. The molecule has 1 aliphatic carbocycles. The lowest BCUT2D eigenvalue weighted by Crippen LogP contribution is -2.60. The van der Waals surface area contributed by atoms with Crippen molar-refractivity contribution in [1.82, 2.24) is 30.7 Å². The Balaban J connectivity index is 1.10. The van der Waals surface area contributed by atoms with Crippen LogP contribution in [0.1, 0.15) is 41.6 Å². The molecule has 2 amide bonds. The molecule has 9 heteroatoms. The first-order valence-corrected chi connectivity index (χ1v) is 12.6. The summed E-state index contributed by atoms with van der Waals surface area (Å²) < 4.78 is 0. The minimum atomic E-state index is 0.0719. The van der Waals surface area contributed by atoms with E-state index in [0.717, 1.165) is 61.2 Å². The van der Waals surface area contributed by atoms with Gasteiger partial charge in [0.25, 0.3) is 5.91 Å². The Kier molecular flexibility index (Phi) is 5.85. The van der Waals surface area contributed by atoms with Gasteiger partial charge < -0.3 is 14.8 Å². The van der Waals surface area contributed by atoms with Crippen LogP contribution in [-0.4, -0.2) is 63.9 Å². The summed E-state index contributed by atoms with van der Waals surface area (Å²) in [6.07, 6.45) is 6.83. The van der Waals surface area contributed by atoms with Gasteiger partial charge in [-0.05, 0) is 55.0 Å². The quantitative estimate of drug-likeness (QED) is 0.537. The van der Waals surface area contributed by atoms with Gasteiger partial charge in [-0.2, -0.15) is 0 Å². The number of anilines is 1. The highest BCUT2D eigenvalue weighted by Gasteiger charge is 2.39. The molecule has 3 aromatic rings. The fourth-order valence-electron chi connectivity index (χ4n) is 5.93. The molecule has 1 saturated carbocycles. The molecule has 1 aromatic carbocycles. The van der Waals surface area contributed by atoms with E-state index in [1.54, 1.807) is 6.33 Å². The SMILES string of the molecule is O=C1NNC(Cc2cccc(C(=O)N3CCN(c4ccc5[nH]cnc5n4)CC3)c2)C2CCCCC12. The third-order valence-electron chi connectivity index (χ3n) is 7.84. The van der Waals surface area contributed by atoms with Crippen molar-refractivity contribution in [2.75, 3.05) is 31.1 Å². The van der Waals surface area contributed by atoms with Crippen LogP contribution in [-0.2, 0) is 11.2 Å². The van der Waals surface area contributed by atoms with Crippen LogP contribution in [0, 0.1) is 11.8 Å². The number of imidazole rings is 1. The molecule has 3 atom stereocenters. The number of nitrogens with zero attached hydrogens (tertiary/aromatic N) is 4. The third-order valence-corrected chi connectivity index (χ3v) is 7.84. The molecule has 2 saturated heterocycles. The van der Waals surface area contributed by atoms with E-state index in [4.69, 9.17) is 0 Å². The molecule has 2 aliphatic heterocycles. The minimum absolute atomic E-state index is 0.0719. The normalized spacial score (nSPS) is 24.8. The Morgan fingerprint density at radius 3 is 2.80 bits per heavy atom. The molecule has 35 heavy (non-hydrogen) atoms. The van der Waals surface area contributed by atoms with Crippen LogP contribution in [0.15, 0.2) is 42.7 Å². The summed E-state index contributed by atoms with van der Waals surface area (Å²) in [5.41, 5.74) is 9.63. The Hall–Kier alpha value is -3.46. The number of aromatic amines is 1. The van der Waals surface area contributed by atoms with E-state index in [0.29, 0.717) is 24.7 Å². The van der Waals surface area contributed by atoms with E-state index >= 15 is 0 Å². The maximum absolute atomic E-state index is 13.3. The number of piperazine rings is 1. The van der Waals surface area contributed by atoms with Crippen LogP contribution < -0.4 is 15.8 Å². The summed E-state index contributed by atoms with van der Waals surface area (Å²) in [5, 5.41) is 0. The number of benzene rings is 1. The predicted molar refractivity (Wildman–Crippen MR) is 133 cm³/mol. The molecule has 0 radical (unpaired) electrons. The summed E-state index contributed by atoms with van der Waals surface area (Å²) in [4.78, 5) is 41.7. The van der Waals surface area contributed by atoms with Gasteiger partial charge in [0.1, 0.15) is 5.82 Å². The average Bonchev–Trinajstić information content (AvgIpc) is 3.38. The number of hydrazine groups is 1. The van der Waals surface area contributed by atoms with Crippen molar-refractivity contribution in [3.05, 3.63) is 53.9 Å². The lowest BCUT2D eigenvalue weighted by atomic mass is 9.72. The number of aromatic nitrogens is 3. The number of carbonyl (C=O) groups is 2. The molecule has 2 aromatic heterocycles. The van der Waals surface area contributed by atoms with E-state index in [9.17, 15) is 9.59 Å². The summed E-state index contributed by atoms with van der Waals surface area (Å²) in [6.45, 7) is 2.79. The Morgan fingerprint density at radius 2 is 1.91 bits per heavy atom. The van der Waals surface area contributed by atoms with Crippen LogP contribution in [0.3, 0.4) is 0 Å². The highest BCUT2D eigenvalue weighted by Crippen LogP contribution is 2.35. The summed E-state index contributed by atoms with van der Waals surface area (Å²) >= 11 is 0. The number of hydrogen-bond acceptors (Lipinski definition) is 6. The maximum atomic E-state index is 13.3. The Labute approximate surface area is 204 Å². The predicted octanol–water partition coefficient (Wildman–Crippen LogP) is 2.27. The molecule has 4 heterocycles. The second kappa shape index (κ2) is 9.30. The van der Waals surface area contributed by atoms with Gasteiger partial charge in [-0.1, -0.05) is 25.0 Å². The first-order valence-electron chi connectivity index (χ1n) is 12.6. The number of nitrogens with one attached hydrogen (secondary N) is 3. The topological polar surface area (TPSA) is 106 Å². The Morgan fingerprint density at radius 1 is 1.06 bits per heavy atom. The fraction of sp³-hybridized carbons (Fsp3) is 0.462. The summed E-state index contributed by atoms with van der Waals surface area (Å²) in [6, 6.07) is 12.2. The van der Waals surface area contributed by atoms with Gasteiger partial charge in [0.05, 0.1) is 11.8 Å². The van der Waals surface area contributed by atoms with Crippen molar-refractivity contribution in [3.8, 4) is 0 Å². The third kappa shape index (κ3) is 4.36. The van der Waals surface area contributed by atoms with Gasteiger partial charge in [-0.25, -0.2) is 15.4 Å². The number of carbonyl (C=O) groups excluding carboxylic acids is 2. The largest absolute Gasteiger partial charge is 0.353 e. The van der Waals surface area contributed by atoms with Crippen molar-refractivity contribution in [2.45, 2.75) is 38.1 Å². The van der Waals surface area contributed by atoms with Gasteiger partial charge in [-0.15, -0.1) is 0 Å². The highest BCUT2D eigenvalue weighted by atomic mass is 16.2. The second-order valence-corrected chi connectivity index (χ2v) is 9.92. The first-order chi connectivity index (χ1) is 17.2. The van der Waals surface area contributed by atoms with Crippen LogP contribution in [0.4, 0.5) is 5.82 Å². The maximum Gasteiger partial charge on any atom is 0.253 e. The lowest BCUT2D eigenvalue weighted by molar-refractivity contribution is -0.133. The molecule has 6 rings (SSSR count). The number of hydrogen-bond donors (Lipinski definition) is 3. The van der Waals surface area contributed by atoms with Crippen LogP contribution >= 0.6 is 0 Å². The molecule has 0 bridgehead atoms. The van der Waals surface area contributed by atoms with Crippen LogP contribution in [0.5, 0.6) is 0 Å². The molecule has 3 fully saturated rings. The van der Waals surface area contributed by atoms with Gasteiger partial charge in [0.15, 0.2) is 5.65 Å². The van der Waals surface area contributed by atoms with Crippen molar-refractivity contribution in [3.63, 3.8) is 0 Å². The zero-order valence-electron chi connectivity index (χ0n) is 19.7. The number of pyridine rings is 1. The zero-order chi connectivity index (χ0) is 23.8. The Bertz CT molecular complexity index is 1230. The van der Waals surface area contributed by atoms with Crippen molar-refractivity contribution in [1.29, 1.82) is 0 Å². The summed E-state index contributed by atoms with van der Waals surface area (Å²) in [5.74, 6) is 1.57. The zero-order valence-corrected chi connectivity index (χ0v) is 19.7. The second-order valence-electron chi connectivity index (χ2n) is 9.92. The molecule has 3 aliphatic rings. The van der Waals surface area contributed by atoms with Crippen molar-refractivity contribution < 1.29 is 9.59 Å². The van der Waals surface area contributed by atoms with Crippen LogP contribution in [0.25, 0.3) is 11.2 Å². The molecule has 0 spiro atoms. The standard InChI is InChI=1S/C26H31N7O2/c34-25-20-7-2-1-6-19(20)22(30-31-25)15-17-4-3-5-18(14-17)26(35)33-12-10-32(11-13-33)23-9-8-21-24(29-23)28-16-27-21/h3-5,8-9,14,16,19-20,22,30H,1-2,6-7,10-13,15H2,(H,31,34)(H,27,28,29). The lowest BCUT2D eigenvalue weighted by Gasteiger charge is -2.41. The van der Waals surface area contributed by atoms with Crippen LogP contribution in [0.2, 0.25) is 0 Å². The molecule has 182 valence electrons. The number of rotatable bonds is 4. The van der Waals surface area contributed by atoms with E-state index < -0.39 is 0 Å². The summed E-state index contributed by atoms with van der Waals surface area (Å²) in [7, 11) is 0. The van der Waals surface area contributed by atoms with Crippen molar-refractivity contribution in [2.24, 2.45) is 11.8 Å². The van der Waals surface area contributed by atoms with Crippen molar-refractivity contribution >= 4 is 28.8 Å². The minimum Gasteiger partial charge on any atom is -0.353 e. The van der Waals surface area contributed by atoms with Gasteiger partial charge in [0, 0.05) is 43.7 Å². The van der Waals surface area contributed by atoms with E-state index in [1.807, 2.05) is 35.2 Å². The van der Waals surface area contributed by atoms with Gasteiger partial charge in [-0.3, -0.25) is 15.0 Å². The van der Waals surface area contributed by atoms with Gasteiger partial charge in [0.2, 0.25) is 5.91 Å². The smallest absolute Gasteiger partial charge is 0.253 e. The van der Waals surface area contributed by atoms with Gasteiger partial charge >= 0.3 is 0 Å². The highest BCUT2D eigenvalue weighted by molar-refractivity contribution is 5.94. The van der Waals surface area contributed by atoms with E-state index in [2.05, 4.69) is 36.8 Å². The first kappa shape index (κ1) is 22.0. The molecule has 3 unspecified atom stereocenters. The number of fused-ring (bicyclic) bond motifs is 2. The molecule has 3 N–H and O–H groups in total. The monoisotopic (exact) mass is 473 g/mol. The molecular formula is C26H31N7O2. The molecule has 9 nitrogen and oxygen atoms in total. The number of amides is 2. The number of H-pyrrole nitrogens is 1. The van der Waals surface area contributed by atoms with E-state index in [-0.39, 0.29) is 23.8 Å².